The van der Waals surface area contributed by atoms with Crippen molar-refractivity contribution in [2.75, 3.05) is 0 Å². The maximum absolute atomic E-state index is 11.1. The van der Waals surface area contributed by atoms with Gasteiger partial charge in [-0.25, -0.2) is 0 Å². The highest BCUT2D eigenvalue weighted by atomic mass is 16.3. The van der Waals surface area contributed by atoms with Crippen LogP contribution in [0.1, 0.15) is 99.3 Å². The van der Waals surface area contributed by atoms with Crippen LogP contribution in [0.4, 0.5) is 0 Å². The summed E-state index contributed by atoms with van der Waals surface area (Å²) in [7, 11) is 0. The van der Waals surface area contributed by atoms with Crippen LogP contribution < -0.4 is 0 Å². The van der Waals surface area contributed by atoms with Crippen LogP contribution in [0.15, 0.2) is 0 Å². The first-order chi connectivity index (χ1) is 14.5. The molecule has 3 nitrogen and oxygen atoms in total. The summed E-state index contributed by atoms with van der Waals surface area (Å²) in [5.41, 5.74) is 0.731. The molecule has 0 saturated heterocycles. The summed E-state index contributed by atoms with van der Waals surface area (Å²) in [5, 5.41) is 32.3. The third-order valence-corrected chi connectivity index (χ3v) is 11.8. The first-order valence-electron chi connectivity index (χ1n) is 13.5. The third-order valence-electron chi connectivity index (χ3n) is 11.8. The lowest BCUT2D eigenvalue weighted by Crippen LogP contribution is -2.54. The van der Waals surface area contributed by atoms with Crippen LogP contribution >= 0.6 is 0 Å². The highest BCUT2D eigenvalue weighted by Crippen LogP contribution is 2.68. The molecule has 3 heteroatoms. The Labute approximate surface area is 191 Å². The first kappa shape index (κ1) is 24.0. The molecule has 0 spiro atoms. The van der Waals surface area contributed by atoms with Crippen molar-refractivity contribution in [3.8, 4) is 0 Å². The molecule has 0 aromatic carbocycles. The zero-order valence-corrected chi connectivity index (χ0v) is 21.1. The Morgan fingerprint density at radius 2 is 1.39 bits per heavy atom. The quantitative estimate of drug-likeness (QED) is 0.523. The molecule has 4 aliphatic carbocycles. The molecule has 4 fully saturated rings. The lowest BCUT2D eigenvalue weighted by molar-refractivity contribution is -0.136. The first-order valence-corrected chi connectivity index (χ1v) is 13.5. The van der Waals surface area contributed by atoms with Gasteiger partial charge in [0.25, 0.3) is 0 Å². The largest absolute Gasteiger partial charge is 0.393 e. The number of aliphatic hydroxyl groups is 3. The molecule has 0 amide bonds. The fourth-order valence-corrected chi connectivity index (χ4v) is 9.39. The van der Waals surface area contributed by atoms with Crippen LogP contribution in [-0.4, -0.2) is 33.6 Å². The van der Waals surface area contributed by atoms with E-state index in [2.05, 4.69) is 41.5 Å². The van der Waals surface area contributed by atoms with Crippen molar-refractivity contribution >= 4 is 0 Å². The normalized spacial score (nSPS) is 49.0. The second-order valence-corrected chi connectivity index (χ2v) is 13.3. The minimum Gasteiger partial charge on any atom is -0.393 e. The Hall–Kier alpha value is -0.120. The zero-order valence-electron chi connectivity index (χ0n) is 21.1. The van der Waals surface area contributed by atoms with Gasteiger partial charge in [-0.3, -0.25) is 0 Å². The summed E-state index contributed by atoms with van der Waals surface area (Å²) in [5.74, 6) is 4.30. The number of rotatable bonds is 5. The molecule has 0 radical (unpaired) electrons. The Morgan fingerprint density at radius 3 is 2.06 bits per heavy atom. The number of hydrogen-bond donors (Lipinski definition) is 3. The monoisotopic (exact) mass is 434 g/mol. The van der Waals surface area contributed by atoms with E-state index in [1.807, 2.05) is 0 Å². The van der Waals surface area contributed by atoms with Crippen LogP contribution in [0.5, 0.6) is 0 Å². The molecule has 4 aliphatic rings. The Bertz CT molecular complexity index is 634. The van der Waals surface area contributed by atoms with Gasteiger partial charge >= 0.3 is 0 Å². The fraction of sp³-hybridized carbons (Fsp3) is 1.00. The molecule has 3 N–H and O–H groups in total. The van der Waals surface area contributed by atoms with Crippen LogP contribution in [0.2, 0.25) is 0 Å². The molecule has 4 rings (SSSR count). The molecule has 31 heavy (non-hydrogen) atoms. The van der Waals surface area contributed by atoms with Crippen molar-refractivity contribution in [3.63, 3.8) is 0 Å². The lowest BCUT2D eigenvalue weighted by atomic mass is 9.44. The molecule has 12 atom stereocenters. The van der Waals surface area contributed by atoms with Gasteiger partial charge in [0, 0.05) is 0 Å². The van der Waals surface area contributed by atoms with Gasteiger partial charge in [-0.2, -0.15) is 0 Å². The number of hydrogen-bond acceptors (Lipinski definition) is 3. The topological polar surface area (TPSA) is 60.7 Å². The standard InChI is InChI=1S/C28H50O3/c1-16(2)17(3)25(30)26(31)18(4)22-9-10-23-21-8-7-19-15-20(29)11-13-27(19,5)24(21)12-14-28(22,23)6/h16-26,29-31H,7-15H2,1-6H3/t17-,18-,19-,20+,21-,22+,23-,24-,25+,26+,27-,28+/m0/s1. The summed E-state index contributed by atoms with van der Waals surface area (Å²) in [6, 6.07) is 0. The Balaban J connectivity index is 1.51. The van der Waals surface area contributed by atoms with Crippen molar-refractivity contribution in [1.82, 2.24) is 0 Å². The van der Waals surface area contributed by atoms with Crippen LogP contribution in [0, 0.1) is 58.2 Å². The fourth-order valence-electron chi connectivity index (χ4n) is 9.39. The van der Waals surface area contributed by atoms with E-state index in [9.17, 15) is 15.3 Å². The molecule has 0 aromatic rings. The molecule has 0 heterocycles. The van der Waals surface area contributed by atoms with E-state index in [0.717, 1.165) is 30.6 Å². The van der Waals surface area contributed by atoms with Gasteiger partial charge in [0.05, 0.1) is 18.3 Å². The van der Waals surface area contributed by atoms with Gasteiger partial charge < -0.3 is 15.3 Å². The van der Waals surface area contributed by atoms with E-state index in [4.69, 9.17) is 0 Å². The van der Waals surface area contributed by atoms with Crippen LogP contribution in [0.3, 0.4) is 0 Å². The summed E-state index contributed by atoms with van der Waals surface area (Å²) >= 11 is 0. The molecule has 0 bridgehead atoms. The molecular weight excluding hydrogens is 384 g/mol. The van der Waals surface area contributed by atoms with Gasteiger partial charge in [0.2, 0.25) is 0 Å². The van der Waals surface area contributed by atoms with Gasteiger partial charge in [-0.15, -0.1) is 0 Å². The molecule has 0 aromatic heterocycles. The highest BCUT2D eigenvalue weighted by molar-refractivity contribution is 5.10. The second kappa shape index (κ2) is 8.58. The number of aliphatic hydroxyl groups excluding tert-OH is 3. The Kier molecular flexibility index (Phi) is 6.65. The summed E-state index contributed by atoms with van der Waals surface area (Å²) in [4.78, 5) is 0. The summed E-state index contributed by atoms with van der Waals surface area (Å²) in [6.45, 7) is 13.7. The minimum absolute atomic E-state index is 0.0682. The lowest BCUT2D eigenvalue weighted by Gasteiger charge is -2.61. The summed E-state index contributed by atoms with van der Waals surface area (Å²) in [6.07, 6.45) is 9.68. The third kappa shape index (κ3) is 3.83. The number of fused-ring (bicyclic) bond motifs is 5. The smallest absolute Gasteiger partial charge is 0.0830 e. The van der Waals surface area contributed by atoms with Crippen LogP contribution in [-0.2, 0) is 0 Å². The predicted octanol–water partition coefficient (Wildman–Crippen LogP) is 5.66. The van der Waals surface area contributed by atoms with E-state index < -0.39 is 12.2 Å². The highest BCUT2D eigenvalue weighted by Gasteiger charge is 2.61. The average molecular weight is 435 g/mol. The molecule has 180 valence electrons. The Morgan fingerprint density at radius 1 is 0.742 bits per heavy atom. The van der Waals surface area contributed by atoms with E-state index in [0.29, 0.717) is 28.6 Å². The average Bonchev–Trinajstić information content (AvgIpc) is 3.09. The maximum Gasteiger partial charge on any atom is 0.0830 e. The molecule has 0 aliphatic heterocycles. The maximum atomic E-state index is 11.1. The van der Waals surface area contributed by atoms with Crippen molar-refractivity contribution < 1.29 is 15.3 Å². The van der Waals surface area contributed by atoms with Gasteiger partial charge in [-0.05, 0) is 116 Å². The second-order valence-electron chi connectivity index (χ2n) is 13.3. The van der Waals surface area contributed by atoms with Gasteiger partial charge in [0.1, 0.15) is 0 Å². The van der Waals surface area contributed by atoms with Crippen molar-refractivity contribution in [3.05, 3.63) is 0 Å². The van der Waals surface area contributed by atoms with E-state index >= 15 is 0 Å². The zero-order chi connectivity index (χ0) is 22.7. The van der Waals surface area contributed by atoms with Crippen molar-refractivity contribution in [1.29, 1.82) is 0 Å². The van der Waals surface area contributed by atoms with Gasteiger partial charge in [0.15, 0.2) is 0 Å². The van der Waals surface area contributed by atoms with E-state index in [-0.39, 0.29) is 17.9 Å². The van der Waals surface area contributed by atoms with E-state index in [1.54, 1.807) is 0 Å². The van der Waals surface area contributed by atoms with Crippen molar-refractivity contribution in [2.45, 2.75) is 118 Å². The van der Waals surface area contributed by atoms with E-state index in [1.165, 1.54) is 44.9 Å². The predicted molar refractivity (Wildman–Crippen MR) is 126 cm³/mol. The van der Waals surface area contributed by atoms with Crippen molar-refractivity contribution in [2.24, 2.45) is 58.2 Å². The SMILES string of the molecule is CC(C)[C@H](C)[C@@H](O)[C@H](O)[C@@H](C)[C@H]1CC[C@H]2[C@@H]3CC[C@H]4C[C@H](O)CC[C@]4(C)[C@H]3CC[C@]12C. The molecule has 4 saturated carbocycles. The molecular formula is C28H50O3. The van der Waals surface area contributed by atoms with Crippen LogP contribution in [0.25, 0.3) is 0 Å². The van der Waals surface area contributed by atoms with Gasteiger partial charge in [-0.1, -0.05) is 41.5 Å². The summed E-state index contributed by atoms with van der Waals surface area (Å²) < 4.78 is 0. The molecule has 0 unspecified atom stereocenters. The minimum atomic E-state index is -0.628.